The van der Waals surface area contributed by atoms with Crippen LogP contribution in [0.25, 0.3) is 0 Å². The van der Waals surface area contributed by atoms with Crippen LogP contribution in [0.2, 0.25) is 0 Å². The van der Waals surface area contributed by atoms with Crippen molar-refractivity contribution >= 4 is 11.9 Å². The minimum absolute atomic E-state index is 0.0286. The Kier molecular flexibility index (Phi) is 7.44. The second-order valence-corrected chi connectivity index (χ2v) is 3.37. The van der Waals surface area contributed by atoms with Crippen LogP contribution >= 0.6 is 0 Å². The fourth-order valence-electron chi connectivity index (χ4n) is 1.11. The van der Waals surface area contributed by atoms with Crippen LogP contribution in [0.3, 0.4) is 0 Å². The van der Waals surface area contributed by atoms with Crippen LogP contribution in [0, 0.1) is 0 Å². The Morgan fingerprint density at radius 1 is 0.833 bits per heavy atom. The lowest BCUT2D eigenvalue weighted by atomic mass is 10.0. The smallest absolute Gasteiger partial charge is 0.337 e. The number of aliphatic hydroxyl groups excluding tert-OH is 4. The number of carbonyl (C=O) groups is 2. The zero-order valence-electron chi connectivity index (χ0n) is 10.1. The van der Waals surface area contributed by atoms with Crippen LogP contribution in [-0.2, 0) is 19.1 Å². The lowest BCUT2D eigenvalue weighted by Crippen LogP contribution is -2.50. The predicted octanol–water partition coefficient (Wildman–Crippen LogP) is -2.44. The summed E-state index contributed by atoms with van der Waals surface area (Å²) in [6, 6.07) is 0. The fourth-order valence-corrected chi connectivity index (χ4v) is 1.11. The average molecular weight is 266 g/mol. The first-order valence-electron chi connectivity index (χ1n) is 5.42. The van der Waals surface area contributed by atoms with Gasteiger partial charge in [-0.25, -0.2) is 9.59 Å². The van der Waals surface area contributed by atoms with Crippen molar-refractivity contribution < 1.29 is 39.5 Å². The molecule has 0 radical (unpaired) electrons. The van der Waals surface area contributed by atoms with Crippen molar-refractivity contribution in [1.29, 1.82) is 0 Å². The molecule has 8 heteroatoms. The summed E-state index contributed by atoms with van der Waals surface area (Å²) in [6.07, 6.45) is -8.26. The van der Waals surface area contributed by atoms with Gasteiger partial charge in [-0.3, -0.25) is 0 Å². The van der Waals surface area contributed by atoms with Gasteiger partial charge in [-0.05, 0) is 13.8 Å². The standard InChI is InChI=1S/C10H18O8/c1-3-17-9(15)7(13)5(11)6(12)8(14)10(16)18-4-2/h5-8,11-14H,3-4H2,1-2H3/t5-,6-,7-,8-/m0/s1. The molecule has 0 spiro atoms. The molecule has 0 unspecified atom stereocenters. The number of esters is 2. The average Bonchev–Trinajstić information content (AvgIpc) is 2.35. The minimum Gasteiger partial charge on any atom is -0.464 e. The molecule has 0 fully saturated rings. The first-order chi connectivity index (χ1) is 8.36. The Morgan fingerprint density at radius 2 is 1.11 bits per heavy atom. The van der Waals surface area contributed by atoms with Crippen molar-refractivity contribution in [2.75, 3.05) is 13.2 Å². The molecule has 0 aromatic heterocycles. The molecule has 0 bridgehead atoms. The molecule has 0 aromatic carbocycles. The number of carbonyl (C=O) groups excluding carboxylic acids is 2. The van der Waals surface area contributed by atoms with Gasteiger partial charge in [0.2, 0.25) is 0 Å². The summed E-state index contributed by atoms with van der Waals surface area (Å²) < 4.78 is 8.81. The van der Waals surface area contributed by atoms with Crippen LogP contribution in [0.4, 0.5) is 0 Å². The fraction of sp³-hybridized carbons (Fsp3) is 0.800. The summed E-state index contributed by atoms with van der Waals surface area (Å²) in [5.41, 5.74) is 0. The normalized spacial score (nSPS) is 17.4. The summed E-state index contributed by atoms with van der Waals surface area (Å²) in [4.78, 5) is 22.1. The van der Waals surface area contributed by atoms with Gasteiger partial charge < -0.3 is 29.9 Å². The van der Waals surface area contributed by atoms with Crippen LogP contribution in [0.15, 0.2) is 0 Å². The molecular weight excluding hydrogens is 248 g/mol. The molecule has 0 rings (SSSR count). The Hall–Kier alpha value is -1.22. The van der Waals surface area contributed by atoms with E-state index >= 15 is 0 Å². The van der Waals surface area contributed by atoms with E-state index in [1.165, 1.54) is 13.8 Å². The predicted molar refractivity (Wildman–Crippen MR) is 57.3 cm³/mol. The van der Waals surface area contributed by atoms with Crippen molar-refractivity contribution in [3.63, 3.8) is 0 Å². The Labute approximate surface area is 104 Å². The molecule has 8 nitrogen and oxygen atoms in total. The molecular formula is C10H18O8. The molecule has 0 aliphatic carbocycles. The third kappa shape index (κ3) is 4.57. The Morgan fingerprint density at radius 3 is 1.33 bits per heavy atom. The molecule has 4 atom stereocenters. The van der Waals surface area contributed by atoms with E-state index in [4.69, 9.17) is 0 Å². The molecule has 0 aliphatic rings. The molecule has 18 heavy (non-hydrogen) atoms. The van der Waals surface area contributed by atoms with Crippen molar-refractivity contribution in [3.8, 4) is 0 Å². The molecule has 0 saturated heterocycles. The van der Waals surface area contributed by atoms with E-state index in [2.05, 4.69) is 9.47 Å². The van der Waals surface area contributed by atoms with Gasteiger partial charge in [-0.1, -0.05) is 0 Å². The Balaban J connectivity index is 4.52. The number of hydrogen-bond acceptors (Lipinski definition) is 8. The first kappa shape index (κ1) is 16.8. The first-order valence-corrected chi connectivity index (χ1v) is 5.42. The molecule has 4 N–H and O–H groups in total. The van der Waals surface area contributed by atoms with Gasteiger partial charge in [-0.2, -0.15) is 0 Å². The number of aliphatic hydroxyl groups is 4. The second kappa shape index (κ2) is 7.98. The SMILES string of the molecule is CCOC(=O)[C@@H](O)[C@@H](O)[C@H](O)[C@H](O)C(=O)OCC. The van der Waals surface area contributed by atoms with Crippen LogP contribution in [0.1, 0.15) is 13.8 Å². The lowest BCUT2D eigenvalue weighted by molar-refractivity contribution is -0.178. The zero-order chi connectivity index (χ0) is 14.3. The van der Waals surface area contributed by atoms with Crippen molar-refractivity contribution in [3.05, 3.63) is 0 Å². The van der Waals surface area contributed by atoms with E-state index in [1.54, 1.807) is 0 Å². The summed E-state index contributed by atoms with van der Waals surface area (Å²) in [6.45, 7) is 2.92. The summed E-state index contributed by atoms with van der Waals surface area (Å²) in [7, 11) is 0. The quantitative estimate of drug-likeness (QED) is 0.373. The van der Waals surface area contributed by atoms with E-state index in [0.717, 1.165) is 0 Å². The highest BCUT2D eigenvalue weighted by atomic mass is 16.6. The maximum atomic E-state index is 11.1. The van der Waals surface area contributed by atoms with E-state index in [1.807, 2.05) is 0 Å². The maximum Gasteiger partial charge on any atom is 0.337 e. The summed E-state index contributed by atoms with van der Waals surface area (Å²) >= 11 is 0. The number of ether oxygens (including phenoxy) is 2. The zero-order valence-corrected chi connectivity index (χ0v) is 10.1. The van der Waals surface area contributed by atoms with E-state index in [-0.39, 0.29) is 13.2 Å². The van der Waals surface area contributed by atoms with E-state index in [9.17, 15) is 30.0 Å². The van der Waals surface area contributed by atoms with Gasteiger partial charge in [0.1, 0.15) is 12.2 Å². The van der Waals surface area contributed by atoms with Gasteiger partial charge in [0, 0.05) is 0 Å². The Bertz CT molecular complexity index is 251. The van der Waals surface area contributed by atoms with Crippen LogP contribution in [-0.4, -0.2) is 70.0 Å². The largest absolute Gasteiger partial charge is 0.464 e. The van der Waals surface area contributed by atoms with E-state index in [0.29, 0.717) is 0 Å². The number of hydrogen-bond donors (Lipinski definition) is 4. The van der Waals surface area contributed by atoms with Crippen molar-refractivity contribution in [1.82, 2.24) is 0 Å². The molecule has 0 aromatic rings. The molecule has 0 saturated carbocycles. The van der Waals surface area contributed by atoms with Gasteiger partial charge in [0.15, 0.2) is 12.2 Å². The molecule has 0 heterocycles. The third-order valence-corrected chi connectivity index (χ3v) is 2.05. The highest BCUT2D eigenvalue weighted by Crippen LogP contribution is 2.08. The van der Waals surface area contributed by atoms with Crippen molar-refractivity contribution in [2.24, 2.45) is 0 Å². The van der Waals surface area contributed by atoms with Crippen LogP contribution in [0.5, 0.6) is 0 Å². The van der Waals surface area contributed by atoms with Crippen molar-refractivity contribution in [2.45, 2.75) is 38.3 Å². The number of rotatable bonds is 7. The van der Waals surface area contributed by atoms with Gasteiger partial charge >= 0.3 is 11.9 Å². The summed E-state index contributed by atoms with van der Waals surface area (Å²) in [5, 5.41) is 37.4. The lowest BCUT2D eigenvalue weighted by Gasteiger charge is -2.24. The van der Waals surface area contributed by atoms with Crippen LogP contribution < -0.4 is 0 Å². The van der Waals surface area contributed by atoms with Gasteiger partial charge in [0.25, 0.3) is 0 Å². The van der Waals surface area contributed by atoms with Gasteiger partial charge in [0.05, 0.1) is 13.2 Å². The highest BCUT2D eigenvalue weighted by molar-refractivity contribution is 5.77. The monoisotopic (exact) mass is 266 g/mol. The van der Waals surface area contributed by atoms with Gasteiger partial charge in [-0.15, -0.1) is 0 Å². The highest BCUT2D eigenvalue weighted by Gasteiger charge is 2.38. The molecule has 0 aliphatic heterocycles. The third-order valence-electron chi connectivity index (χ3n) is 2.05. The molecule has 106 valence electrons. The minimum atomic E-state index is -2.07. The summed E-state index contributed by atoms with van der Waals surface area (Å²) in [5.74, 6) is -2.33. The van der Waals surface area contributed by atoms with E-state index < -0.39 is 36.4 Å². The topological polar surface area (TPSA) is 134 Å². The second-order valence-electron chi connectivity index (χ2n) is 3.37. The molecule has 0 amide bonds. The maximum absolute atomic E-state index is 11.1.